The average Bonchev–Trinajstić information content (AvgIpc) is 2.35. The molecular formula is C13H18N2O3. The molecule has 1 unspecified atom stereocenters. The second kappa shape index (κ2) is 6.76. The maximum Gasteiger partial charge on any atom is 0.255 e. The Balaban J connectivity index is 3.01. The van der Waals surface area contributed by atoms with Gasteiger partial charge in [-0.2, -0.15) is 0 Å². The summed E-state index contributed by atoms with van der Waals surface area (Å²) >= 11 is 0. The fourth-order valence-electron chi connectivity index (χ4n) is 1.59. The number of hydrogen-bond donors (Lipinski definition) is 1. The second-order valence-corrected chi connectivity index (χ2v) is 3.88. The topological polar surface area (TPSA) is 62.1 Å². The van der Waals surface area contributed by atoms with E-state index in [1.165, 1.54) is 25.1 Å². The first-order valence-corrected chi connectivity index (χ1v) is 5.68. The zero-order chi connectivity index (χ0) is 13.5. The highest BCUT2D eigenvalue weighted by Crippen LogP contribution is 2.19. The van der Waals surface area contributed by atoms with E-state index in [0.717, 1.165) is 11.3 Å². The molecule has 1 aromatic rings. The molecule has 0 bridgehead atoms. The minimum atomic E-state index is -1.06. The van der Waals surface area contributed by atoms with E-state index in [-0.39, 0.29) is 12.5 Å². The maximum absolute atomic E-state index is 12.0. The molecule has 0 fully saturated rings. The number of carbonyl (C=O) groups is 1. The molecule has 0 aliphatic rings. The summed E-state index contributed by atoms with van der Waals surface area (Å²) in [6.07, 6.45) is 0.424. The van der Waals surface area contributed by atoms with Crippen LogP contribution < -0.4 is 4.90 Å². The van der Waals surface area contributed by atoms with Gasteiger partial charge in [0.25, 0.3) is 5.91 Å². The molecular weight excluding hydrogens is 232 g/mol. The van der Waals surface area contributed by atoms with Gasteiger partial charge in [0.2, 0.25) is 0 Å². The SMILES string of the molecule is CON=CCN(C(=O)C(C)O)c1ccccc1C. The Labute approximate surface area is 107 Å². The number of benzene rings is 1. The van der Waals surface area contributed by atoms with Crippen molar-refractivity contribution in [2.24, 2.45) is 5.16 Å². The molecule has 98 valence electrons. The van der Waals surface area contributed by atoms with Gasteiger partial charge in [-0.05, 0) is 25.5 Å². The van der Waals surface area contributed by atoms with Crippen molar-refractivity contribution in [3.05, 3.63) is 29.8 Å². The van der Waals surface area contributed by atoms with Crippen molar-refractivity contribution < 1.29 is 14.7 Å². The first kappa shape index (κ1) is 14.2. The molecule has 0 aromatic heterocycles. The maximum atomic E-state index is 12.0. The number of para-hydroxylation sites is 1. The standard InChI is InChI=1S/C13H18N2O3/c1-10-6-4-5-7-12(10)15(9-8-14-18-3)13(17)11(2)16/h4-8,11,16H,9H2,1-3H3. The van der Waals surface area contributed by atoms with Gasteiger partial charge < -0.3 is 14.8 Å². The van der Waals surface area contributed by atoms with Gasteiger partial charge in [-0.15, -0.1) is 0 Å². The van der Waals surface area contributed by atoms with E-state index in [1.807, 2.05) is 31.2 Å². The molecule has 0 radical (unpaired) electrons. The van der Waals surface area contributed by atoms with Gasteiger partial charge in [0.1, 0.15) is 13.2 Å². The lowest BCUT2D eigenvalue weighted by Gasteiger charge is -2.24. The van der Waals surface area contributed by atoms with Crippen LogP contribution in [0.1, 0.15) is 12.5 Å². The van der Waals surface area contributed by atoms with Crippen molar-refractivity contribution in [2.75, 3.05) is 18.6 Å². The molecule has 1 rings (SSSR count). The van der Waals surface area contributed by atoms with Gasteiger partial charge in [-0.1, -0.05) is 23.4 Å². The molecule has 0 saturated heterocycles. The lowest BCUT2D eigenvalue weighted by Crippen LogP contribution is -2.39. The van der Waals surface area contributed by atoms with E-state index in [0.29, 0.717) is 0 Å². The number of oxime groups is 1. The normalized spacial score (nSPS) is 12.4. The van der Waals surface area contributed by atoms with Crippen molar-refractivity contribution in [2.45, 2.75) is 20.0 Å². The van der Waals surface area contributed by atoms with Crippen molar-refractivity contribution in [1.82, 2.24) is 0 Å². The molecule has 1 N–H and O–H groups in total. The van der Waals surface area contributed by atoms with Crippen LogP contribution in [0, 0.1) is 6.92 Å². The Morgan fingerprint density at radius 1 is 1.56 bits per heavy atom. The number of aryl methyl sites for hydroxylation is 1. The van der Waals surface area contributed by atoms with Gasteiger partial charge in [0, 0.05) is 5.69 Å². The zero-order valence-corrected chi connectivity index (χ0v) is 10.8. The van der Waals surface area contributed by atoms with Crippen LogP contribution in [-0.4, -0.2) is 37.0 Å². The van der Waals surface area contributed by atoms with Crippen molar-refractivity contribution >= 4 is 17.8 Å². The smallest absolute Gasteiger partial charge is 0.255 e. The van der Waals surface area contributed by atoms with E-state index in [1.54, 1.807) is 0 Å². The zero-order valence-electron chi connectivity index (χ0n) is 10.8. The molecule has 1 amide bonds. The molecule has 18 heavy (non-hydrogen) atoms. The summed E-state index contributed by atoms with van der Waals surface area (Å²) in [6, 6.07) is 7.48. The Kier molecular flexibility index (Phi) is 5.32. The number of amides is 1. The van der Waals surface area contributed by atoms with Crippen LogP contribution in [-0.2, 0) is 9.63 Å². The molecule has 5 heteroatoms. The van der Waals surface area contributed by atoms with Crippen LogP contribution in [0.3, 0.4) is 0 Å². The van der Waals surface area contributed by atoms with Crippen LogP contribution >= 0.6 is 0 Å². The Bertz CT molecular complexity index is 430. The summed E-state index contributed by atoms with van der Waals surface area (Å²) in [5, 5.41) is 13.0. The number of carbonyl (C=O) groups excluding carboxylic acids is 1. The number of aliphatic hydroxyl groups is 1. The van der Waals surface area contributed by atoms with Crippen molar-refractivity contribution in [1.29, 1.82) is 0 Å². The fraction of sp³-hybridized carbons (Fsp3) is 0.385. The molecule has 5 nitrogen and oxygen atoms in total. The third-order valence-corrected chi connectivity index (χ3v) is 2.47. The summed E-state index contributed by atoms with van der Waals surface area (Å²) in [6.45, 7) is 3.61. The van der Waals surface area contributed by atoms with Gasteiger partial charge in [-0.3, -0.25) is 4.79 Å². The Morgan fingerprint density at radius 2 is 2.22 bits per heavy atom. The van der Waals surface area contributed by atoms with Crippen LogP contribution in [0.4, 0.5) is 5.69 Å². The van der Waals surface area contributed by atoms with Crippen LogP contribution in [0.5, 0.6) is 0 Å². The highest BCUT2D eigenvalue weighted by Gasteiger charge is 2.20. The van der Waals surface area contributed by atoms with E-state index in [4.69, 9.17) is 0 Å². The number of nitrogens with zero attached hydrogens (tertiary/aromatic N) is 2. The first-order valence-electron chi connectivity index (χ1n) is 5.68. The lowest BCUT2D eigenvalue weighted by molar-refractivity contribution is -0.125. The van der Waals surface area contributed by atoms with Crippen LogP contribution in [0.15, 0.2) is 29.4 Å². The van der Waals surface area contributed by atoms with Gasteiger partial charge >= 0.3 is 0 Å². The largest absolute Gasteiger partial charge is 0.399 e. The third-order valence-electron chi connectivity index (χ3n) is 2.47. The average molecular weight is 250 g/mol. The van der Waals surface area contributed by atoms with Crippen molar-refractivity contribution in [3.8, 4) is 0 Å². The van der Waals surface area contributed by atoms with Crippen LogP contribution in [0.25, 0.3) is 0 Å². The summed E-state index contributed by atoms with van der Waals surface area (Å²) < 4.78 is 0. The summed E-state index contributed by atoms with van der Waals surface area (Å²) in [4.78, 5) is 18.0. The number of hydrogen-bond acceptors (Lipinski definition) is 4. The molecule has 0 aliphatic heterocycles. The second-order valence-electron chi connectivity index (χ2n) is 3.88. The van der Waals surface area contributed by atoms with Gasteiger partial charge in [0.15, 0.2) is 0 Å². The highest BCUT2D eigenvalue weighted by molar-refractivity contribution is 5.99. The fourth-order valence-corrected chi connectivity index (χ4v) is 1.59. The molecule has 0 saturated carbocycles. The summed E-state index contributed by atoms with van der Waals surface area (Å²) in [5.41, 5.74) is 1.71. The third kappa shape index (κ3) is 3.56. The monoisotopic (exact) mass is 250 g/mol. The molecule has 1 aromatic carbocycles. The van der Waals surface area contributed by atoms with E-state index >= 15 is 0 Å². The summed E-state index contributed by atoms with van der Waals surface area (Å²) in [5.74, 6) is -0.369. The Morgan fingerprint density at radius 3 is 2.78 bits per heavy atom. The van der Waals surface area contributed by atoms with Crippen LogP contribution in [0.2, 0.25) is 0 Å². The number of rotatable bonds is 5. The number of anilines is 1. The Hall–Kier alpha value is -1.88. The molecule has 1 atom stereocenters. The summed E-state index contributed by atoms with van der Waals surface area (Å²) in [7, 11) is 1.44. The lowest BCUT2D eigenvalue weighted by atomic mass is 10.1. The van der Waals surface area contributed by atoms with Crippen molar-refractivity contribution in [3.63, 3.8) is 0 Å². The first-order chi connectivity index (χ1) is 8.57. The number of aliphatic hydroxyl groups excluding tert-OH is 1. The molecule has 0 heterocycles. The van der Waals surface area contributed by atoms with Gasteiger partial charge in [0.05, 0.1) is 12.8 Å². The van der Waals surface area contributed by atoms with E-state index in [2.05, 4.69) is 9.99 Å². The van der Waals surface area contributed by atoms with E-state index < -0.39 is 6.10 Å². The predicted molar refractivity (Wildman–Crippen MR) is 70.7 cm³/mol. The molecule has 0 spiro atoms. The quantitative estimate of drug-likeness (QED) is 0.633. The van der Waals surface area contributed by atoms with Gasteiger partial charge in [-0.25, -0.2) is 0 Å². The van der Waals surface area contributed by atoms with E-state index in [9.17, 15) is 9.90 Å². The minimum absolute atomic E-state index is 0.252. The highest BCUT2D eigenvalue weighted by atomic mass is 16.6. The predicted octanol–water partition coefficient (Wildman–Crippen LogP) is 1.34. The molecule has 0 aliphatic carbocycles. The minimum Gasteiger partial charge on any atom is -0.399 e.